The molecule has 6 N–H and O–H groups in total. The third-order valence-electron chi connectivity index (χ3n) is 4.74. The van der Waals surface area contributed by atoms with E-state index >= 15 is 0 Å². The Bertz CT molecular complexity index is 1230. The van der Waals surface area contributed by atoms with Crippen LogP contribution in [0, 0.1) is 0 Å². The van der Waals surface area contributed by atoms with Crippen molar-refractivity contribution in [3.8, 4) is 40.2 Å². The number of phenolic OH excluding ortho intramolecular Hbond substituents is 6. The first kappa shape index (κ1) is 23.6. The van der Waals surface area contributed by atoms with Crippen molar-refractivity contribution >= 4 is 23.1 Å². The summed E-state index contributed by atoms with van der Waals surface area (Å²) in [5.41, 5.74) is -1.66. The largest absolute Gasteiger partial charge is 0.504 e. The van der Waals surface area contributed by atoms with Crippen LogP contribution in [0.3, 0.4) is 0 Å². The third kappa shape index (κ3) is 4.30. The number of carbonyl (C=O) groups is 4. The minimum atomic E-state index is -1.21. The maximum absolute atomic E-state index is 12.7. The van der Waals surface area contributed by atoms with Crippen LogP contribution in [-0.2, 0) is 0 Å². The van der Waals surface area contributed by atoms with E-state index in [1.807, 2.05) is 0 Å². The Labute approximate surface area is 190 Å². The molecule has 0 aliphatic heterocycles. The molecule has 0 radical (unpaired) electrons. The molecular formula is C23H16O11. The minimum Gasteiger partial charge on any atom is -0.504 e. The second kappa shape index (κ2) is 8.82. The lowest BCUT2D eigenvalue weighted by atomic mass is 9.95. The summed E-state index contributed by atoms with van der Waals surface area (Å²) < 4.78 is 5.02. The Morgan fingerprint density at radius 2 is 0.765 bits per heavy atom. The lowest BCUT2D eigenvalue weighted by molar-refractivity contribution is 0.0812. The first-order valence-corrected chi connectivity index (χ1v) is 9.31. The van der Waals surface area contributed by atoms with Crippen molar-refractivity contribution in [2.75, 3.05) is 7.11 Å². The highest BCUT2D eigenvalue weighted by molar-refractivity contribution is 6.51. The second-order valence-electron chi connectivity index (χ2n) is 6.99. The fourth-order valence-corrected chi connectivity index (χ4v) is 2.97. The van der Waals surface area contributed by atoms with Crippen LogP contribution >= 0.6 is 0 Å². The van der Waals surface area contributed by atoms with Crippen LogP contribution in [0.2, 0.25) is 0 Å². The van der Waals surface area contributed by atoms with Crippen molar-refractivity contribution in [1.29, 1.82) is 0 Å². The molecule has 0 atom stereocenters. The molecule has 0 saturated carbocycles. The quantitative estimate of drug-likeness (QED) is 0.168. The SMILES string of the molecule is COc1cc(C(=O)C(=O)c2cc(O)c(O)c(O)c2)cc(C(=O)C(=O)c2cc(O)c(O)c(O)c2)c1. The van der Waals surface area contributed by atoms with Gasteiger partial charge in [0, 0.05) is 22.3 Å². The average molecular weight is 468 g/mol. The van der Waals surface area contributed by atoms with Crippen molar-refractivity contribution < 1.29 is 54.6 Å². The Morgan fingerprint density at radius 1 is 0.500 bits per heavy atom. The zero-order valence-electron chi connectivity index (χ0n) is 17.3. The smallest absolute Gasteiger partial charge is 0.233 e. The predicted octanol–water partition coefficient (Wildman–Crippen LogP) is 2.06. The average Bonchev–Trinajstić information content (AvgIpc) is 2.82. The van der Waals surface area contributed by atoms with Gasteiger partial charge in [0.15, 0.2) is 34.5 Å². The van der Waals surface area contributed by atoms with Gasteiger partial charge in [-0.3, -0.25) is 19.2 Å². The standard InChI is InChI=1S/C23H16O11/c1-34-13-3-9(18(28)20(30)11-5-14(24)22(32)15(25)6-11)2-10(4-13)19(29)21(31)12-7-16(26)23(33)17(27)8-12/h2-8,24-27,32-33H,1H3. The molecule has 174 valence electrons. The number of rotatable bonds is 7. The molecule has 3 rings (SSSR count). The Morgan fingerprint density at radius 3 is 1.03 bits per heavy atom. The summed E-state index contributed by atoms with van der Waals surface area (Å²) in [7, 11) is 1.20. The first-order valence-electron chi connectivity index (χ1n) is 9.31. The van der Waals surface area contributed by atoms with Gasteiger partial charge >= 0.3 is 0 Å². The van der Waals surface area contributed by atoms with Crippen molar-refractivity contribution in [2.24, 2.45) is 0 Å². The summed E-state index contributed by atoms with van der Waals surface area (Å²) in [4.78, 5) is 50.6. The van der Waals surface area contributed by atoms with Crippen molar-refractivity contribution in [3.63, 3.8) is 0 Å². The Kier molecular flexibility index (Phi) is 6.12. The van der Waals surface area contributed by atoms with Crippen LogP contribution in [0.25, 0.3) is 0 Å². The van der Waals surface area contributed by atoms with Gasteiger partial charge in [-0.15, -0.1) is 0 Å². The molecule has 0 saturated heterocycles. The van der Waals surface area contributed by atoms with E-state index in [1.165, 1.54) is 7.11 Å². The van der Waals surface area contributed by atoms with Gasteiger partial charge in [-0.25, -0.2) is 0 Å². The molecule has 0 aromatic heterocycles. The van der Waals surface area contributed by atoms with E-state index in [0.29, 0.717) is 0 Å². The van der Waals surface area contributed by atoms with Gasteiger partial charge in [0.1, 0.15) is 5.75 Å². The number of hydrogen-bond donors (Lipinski definition) is 6. The monoisotopic (exact) mass is 468 g/mol. The highest BCUT2D eigenvalue weighted by Gasteiger charge is 2.26. The zero-order chi connectivity index (χ0) is 25.3. The molecule has 0 amide bonds. The number of ether oxygens (including phenoxy) is 1. The van der Waals surface area contributed by atoms with Crippen LogP contribution in [0.4, 0.5) is 0 Å². The molecule has 0 fully saturated rings. The van der Waals surface area contributed by atoms with E-state index < -0.39 is 68.8 Å². The molecule has 3 aromatic carbocycles. The normalized spacial score (nSPS) is 10.5. The van der Waals surface area contributed by atoms with E-state index in [-0.39, 0.29) is 16.9 Å². The van der Waals surface area contributed by atoms with Crippen LogP contribution in [0.5, 0.6) is 40.2 Å². The van der Waals surface area contributed by atoms with Crippen LogP contribution < -0.4 is 4.74 Å². The van der Waals surface area contributed by atoms with Crippen LogP contribution in [-0.4, -0.2) is 60.9 Å². The lowest BCUT2D eigenvalue weighted by Gasteiger charge is -2.09. The molecule has 0 aliphatic rings. The number of aromatic hydroxyl groups is 6. The molecule has 0 heterocycles. The molecule has 11 heteroatoms. The van der Waals surface area contributed by atoms with Crippen molar-refractivity contribution in [1.82, 2.24) is 0 Å². The lowest BCUT2D eigenvalue weighted by Crippen LogP contribution is -2.18. The topological polar surface area (TPSA) is 199 Å². The summed E-state index contributed by atoms with van der Waals surface area (Å²) in [6.07, 6.45) is 0. The summed E-state index contributed by atoms with van der Waals surface area (Å²) in [5.74, 6) is -10.0. The summed E-state index contributed by atoms with van der Waals surface area (Å²) in [6.45, 7) is 0. The summed E-state index contributed by atoms with van der Waals surface area (Å²) in [6, 6.07) is 6.19. The van der Waals surface area contributed by atoms with Gasteiger partial charge in [-0.1, -0.05) is 0 Å². The fraction of sp³-hybridized carbons (Fsp3) is 0.0435. The van der Waals surface area contributed by atoms with Crippen molar-refractivity contribution in [2.45, 2.75) is 0 Å². The zero-order valence-corrected chi connectivity index (χ0v) is 17.3. The Balaban J connectivity index is 2.00. The number of ketones is 4. The maximum Gasteiger partial charge on any atom is 0.233 e. The van der Waals surface area contributed by atoms with E-state index in [0.717, 1.165) is 42.5 Å². The molecule has 3 aromatic rings. The number of benzene rings is 3. The predicted molar refractivity (Wildman–Crippen MR) is 113 cm³/mol. The van der Waals surface area contributed by atoms with Gasteiger partial charge in [0.2, 0.25) is 23.1 Å². The van der Waals surface area contributed by atoms with E-state index in [4.69, 9.17) is 4.74 Å². The highest BCUT2D eigenvalue weighted by Crippen LogP contribution is 2.37. The number of phenols is 6. The van der Waals surface area contributed by atoms with Gasteiger partial charge in [-0.2, -0.15) is 0 Å². The van der Waals surface area contributed by atoms with Crippen molar-refractivity contribution in [3.05, 3.63) is 64.7 Å². The number of hydrogen-bond acceptors (Lipinski definition) is 11. The van der Waals surface area contributed by atoms with E-state index in [9.17, 15) is 49.8 Å². The number of Topliss-reactive ketones (excluding diaryl/α,β-unsaturated/α-hetero) is 4. The maximum atomic E-state index is 12.7. The van der Waals surface area contributed by atoms with Gasteiger partial charge in [-0.05, 0) is 42.5 Å². The minimum absolute atomic E-state index is 0.0670. The fourth-order valence-electron chi connectivity index (χ4n) is 2.97. The molecule has 34 heavy (non-hydrogen) atoms. The van der Waals surface area contributed by atoms with Gasteiger partial charge in [0.25, 0.3) is 0 Å². The third-order valence-corrected chi connectivity index (χ3v) is 4.74. The molecule has 0 spiro atoms. The van der Waals surface area contributed by atoms with E-state index in [1.54, 1.807) is 0 Å². The van der Waals surface area contributed by atoms with Crippen LogP contribution in [0.15, 0.2) is 42.5 Å². The summed E-state index contributed by atoms with van der Waals surface area (Å²) >= 11 is 0. The molecule has 0 unspecified atom stereocenters. The Hall–Kier alpha value is -5.06. The van der Waals surface area contributed by atoms with Gasteiger partial charge in [0.05, 0.1) is 7.11 Å². The second-order valence-corrected chi connectivity index (χ2v) is 6.99. The highest BCUT2D eigenvalue weighted by atomic mass is 16.5. The van der Waals surface area contributed by atoms with Gasteiger partial charge < -0.3 is 35.4 Å². The first-order chi connectivity index (χ1) is 15.9. The summed E-state index contributed by atoms with van der Waals surface area (Å²) in [5, 5.41) is 57.1. The molecule has 0 aliphatic carbocycles. The van der Waals surface area contributed by atoms with E-state index in [2.05, 4.69) is 0 Å². The molecular weight excluding hydrogens is 452 g/mol. The molecule has 0 bridgehead atoms. The number of methoxy groups -OCH3 is 1. The number of carbonyl (C=O) groups excluding carboxylic acids is 4. The molecule has 11 nitrogen and oxygen atoms in total. The van der Waals surface area contributed by atoms with Crippen LogP contribution in [0.1, 0.15) is 41.4 Å².